The largest absolute Gasteiger partial charge is 0.288 e. The highest BCUT2D eigenvalue weighted by Gasteiger charge is 2.32. The zero-order valence-corrected chi connectivity index (χ0v) is 14.4. The molecule has 0 radical (unpaired) electrons. The molecular weight excluding hydrogens is 344 g/mol. The first-order valence-corrected chi connectivity index (χ1v) is 9.92. The number of thiophene rings is 2. The Bertz CT molecular complexity index is 999. The molecule has 0 atom stereocenters. The Morgan fingerprint density at radius 1 is 1.00 bits per heavy atom. The van der Waals surface area contributed by atoms with E-state index in [0.717, 1.165) is 17.1 Å². The van der Waals surface area contributed by atoms with Gasteiger partial charge in [0.15, 0.2) is 11.6 Å². The number of rotatable bonds is 1. The molecule has 1 aliphatic heterocycles. The molecule has 112 valence electrons. The third kappa shape index (κ3) is 1.94. The molecule has 0 fully saturated rings. The first kappa shape index (κ1) is 13.7. The van der Waals surface area contributed by atoms with Crippen molar-refractivity contribution in [2.45, 2.75) is 11.3 Å². The predicted molar refractivity (Wildman–Crippen MR) is 97.2 cm³/mol. The molecule has 23 heavy (non-hydrogen) atoms. The number of carbonyl (C=O) groups excluding carboxylic acids is 2. The van der Waals surface area contributed by atoms with Crippen LogP contribution in [0, 0.1) is 0 Å². The number of benzene rings is 1. The molecule has 5 rings (SSSR count). The molecule has 2 aromatic heterocycles. The summed E-state index contributed by atoms with van der Waals surface area (Å²) >= 11 is 5.45. The van der Waals surface area contributed by atoms with Crippen molar-refractivity contribution < 1.29 is 9.59 Å². The van der Waals surface area contributed by atoms with Crippen molar-refractivity contribution in [3.8, 4) is 0 Å². The molecule has 0 unspecified atom stereocenters. The molecule has 1 aromatic carbocycles. The average molecular weight is 354 g/mol. The van der Waals surface area contributed by atoms with Crippen LogP contribution in [-0.2, 0) is 6.42 Å². The zero-order chi connectivity index (χ0) is 15.6. The summed E-state index contributed by atoms with van der Waals surface area (Å²) in [6.07, 6.45) is 2.93. The highest BCUT2D eigenvalue weighted by molar-refractivity contribution is 8.00. The van der Waals surface area contributed by atoms with E-state index in [-0.39, 0.29) is 11.6 Å². The summed E-state index contributed by atoms with van der Waals surface area (Å²) in [5.41, 5.74) is 1.35. The number of carbonyl (C=O) groups is 2. The number of ketones is 2. The van der Waals surface area contributed by atoms with E-state index in [9.17, 15) is 9.59 Å². The highest BCUT2D eigenvalue weighted by Crippen LogP contribution is 2.47. The van der Waals surface area contributed by atoms with Crippen molar-refractivity contribution in [3.05, 3.63) is 56.8 Å². The topological polar surface area (TPSA) is 34.1 Å². The number of hydrogen-bond donors (Lipinski definition) is 0. The van der Waals surface area contributed by atoms with Crippen molar-refractivity contribution in [1.29, 1.82) is 0 Å². The number of thioether (sulfide) groups is 1. The van der Waals surface area contributed by atoms with Crippen LogP contribution < -0.4 is 0 Å². The molecule has 3 aromatic rings. The Balaban J connectivity index is 1.61. The quantitative estimate of drug-likeness (QED) is 0.452. The Morgan fingerprint density at radius 2 is 1.74 bits per heavy atom. The molecule has 0 amide bonds. The smallest absolute Gasteiger partial charge is 0.197 e. The van der Waals surface area contributed by atoms with E-state index in [1.165, 1.54) is 19.2 Å². The van der Waals surface area contributed by atoms with Crippen molar-refractivity contribution in [1.82, 2.24) is 0 Å². The molecule has 2 nitrogen and oxygen atoms in total. The normalized spacial score (nSPS) is 16.3. The lowest BCUT2D eigenvalue weighted by Crippen LogP contribution is -1.99. The van der Waals surface area contributed by atoms with E-state index in [2.05, 4.69) is 6.07 Å². The van der Waals surface area contributed by atoms with Gasteiger partial charge in [0.1, 0.15) is 0 Å². The summed E-state index contributed by atoms with van der Waals surface area (Å²) in [4.78, 5) is 28.8. The van der Waals surface area contributed by atoms with Gasteiger partial charge in [-0.15, -0.1) is 34.4 Å². The monoisotopic (exact) mass is 354 g/mol. The van der Waals surface area contributed by atoms with Gasteiger partial charge < -0.3 is 0 Å². The van der Waals surface area contributed by atoms with Crippen LogP contribution in [0.3, 0.4) is 0 Å². The third-order valence-electron chi connectivity index (χ3n) is 4.18. The molecule has 0 bridgehead atoms. The lowest BCUT2D eigenvalue weighted by Gasteiger charge is -1.92. The van der Waals surface area contributed by atoms with Crippen LogP contribution in [0.5, 0.6) is 0 Å². The van der Waals surface area contributed by atoms with Gasteiger partial charge in [0, 0.05) is 36.2 Å². The van der Waals surface area contributed by atoms with Crippen LogP contribution in [0.4, 0.5) is 0 Å². The summed E-state index contributed by atoms with van der Waals surface area (Å²) in [6, 6.07) is 9.17. The zero-order valence-electron chi connectivity index (χ0n) is 11.9. The van der Waals surface area contributed by atoms with E-state index in [4.69, 9.17) is 0 Å². The van der Waals surface area contributed by atoms with Gasteiger partial charge in [0.2, 0.25) is 0 Å². The van der Waals surface area contributed by atoms with Crippen LogP contribution in [0.2, 0.25) is 0 Å². The Morgan fingerprint density at radius 3 is 2.48 bits per heavy atom. The summed E-state index contributed by atoms with van der Waals surface area (Å²) in [5.74, 6) is 0.862. The molecule has 0 saturated heterocycles. The first-order valence-electron chi connectivity index (χ1n) is 7.30. The third-order valence-corrected chi connectivity index (χ3v) is 8.01. The van der Waals surface area contributed by atoms with Gasteiger partial charge in [-0.25, -0.2) is 0 Å². The fourth-order valence-electron chi connectivity index (χ4n) is 3.11. The molecule has 2 aliphatic rings. The van der Waals surface area contributed by atoms with E-state index in [1.54, 1.807) is 41.7 Å². The molecule has 3 heterocycles. The molecule has 1 aliphatic carbocycles. The molecule has 5 heteroatoms. The second-order valence-electron chi connectivity index (χ2n) is 5.56. The van der Waals surface area contributed by atoms with Crippen molar-refractivity contribution in [2.24, 2.45) is 0 Å². The van der Waals surface area contributed by atoms with Crippen LogP contribution in [-0.4, -0.2) is 17.3 Å². The van der Waals surface area contributed by atoms with E-state index in [1.807, 2.05) is 23.1 Å². The van der Waals surface area contributed by atoms with Gasteiger partial charge in [0.05, 0.1) is 10.3 Å². The number of allylic oxidation sites excluding steroid dienone is 1. The molecule has 0 spiro atoms. The van der Waals surface area contributed by atoms with Crippen LogP contribution in [0.1, 0.15) is 30.5 Å². The SMILES string of the molecule is O=C1C(=Cc2cc3sc4c(c3s2)SCC4)C(=O)c2ccccc21. The minimum atomic E-state index is -0.151. The number of aryl methyl sites for hydroxylation is 1. The lowest BCUT2D eigenvalue weighted by atomic mass is 10.1. The summed E-state index contributed by atoms with van der Waals surface area (Å²) in [7, 11) is 0. The first-order chi connectivity index (χ1) is 11.2. The van der Waals surface area contributed by atoms with Gasteiger partial charge >= 0.3 is 0 Å². The number of hydrogen-bond acceptors (Lipinski definition) is 5. The Hall–Kier alpha value is -1.69. The maximum atomic E-state index is 12.5. The lowest BCUT2D eigenvalue weighted by molar-refractivity contribution is 0.0990. The van der Waals surface area contributed by atoms with Gasteiger partial charge in [-0.1, -0.05) is 24.3 Å². The molecule has 0 N–H and O–H groups in total. The van der Waals surface area contributed by atoms with Gasteiger partial charge in [-0.3, -0.25) is 9.59 Å². The maximum absolute atomic E-state index is 12.5. The van der Waals surface area contributed by atoms with Crippen LogP contribution in [0.25, 0.3) is 15.5 Å². The fourth-order valence-corrected chi connectivity index (χ4v) is 7.32. The van der Waals surface area contributed by atoms with Crippen LogP contribution >= 0.6 is 34.4 Å². The van der Waals surface area contributed by atoms with E-state index in [0.29, 0.717) is 16.7 Å². The van der Waals surface area contributed by atoms with Crippen LogP contribution in [0.15, 0.2) is 40.8 Å². The molecule has 0 saturated carbocycles. The summed E-state index contributed by atoms with van der Waals surface area (Å²) in [6.45, 7) is 0. The average Bonchev–Trinajstić information content (AvgIpc) is 3.26. The second kappa shape index (κ2) is 4.90. The fraction of sp³-hybridized carbons (Fsp3) is 0.111. The summed E-state index contributed by atoms with van der Waals surface area (Å²) in [5, 5.41) is 0. The predicted octanol–water partition coefficient (Wildman–Crippen LogP) is 5.07. The van der Waals surface area contributed by atoms with Crippen molar-refractivity contribution in [2.75, 3.05) is 5.75 Å². The standard InChI is InChI=1S/C18H10O2S3/c19-15-10-3-1-2-4-11(10)16(20)12(15)7-9-8-14-18(22-9)17-13(23-14)5-6-21-17/h1-4,7-8H,5-6H2. The second-order valence-corrected chi connectivity index (χ2v) is 8.88. The Kier molecular flexibility index (Phi) is 2.92. The van der Waals surface area contributed by atoms with Gasteiger partial charge in [-0.2, -0.15) is 0 Å². The molecular formula is C18H10O2S3. The van der Waals surface area contributed by atoms with E-state index >= 15 is 0 Å². The maximum Gasteiger partial charge on any atom is 0.197 e. The van der Waals surface area contributed by atoms with Gasteiger partial charge in [0.25, 0.3) is 0 Å². The summed E-state index contributed by atoms with van der Waals surface area (Å²) < 4.78 is 2.59. The number of Topliss-reactive ketones (excluding diaryl/α,β-unsaturated/α-hetero) is 2. The van der Waals surface area contributed by atoms with Gasteiger partial charge in [-0.05, 0) is 18.6 Å². The van der Waals surface area contributed by atoms with E-state index < -0.39 is 0 Å². The minimum absolute atomic E-state index is 0.151. The minimum Gasteiger partial charge on any atom is -0.288 e. The Labute approximate surface area is 144 Å². The van der Waals surface area contributed by atoms with Crippen molar-refractivity contribution in [3.63, 3.8) is 0 Å². The van der Waals surface area contributed by atoms with Crippen molar-refractivity contribution >= 4 is 61.5 Å². The number of fused-ring (bicyclic) bond motifs is 4. The highest BCUT2D eigenvalue weighted by atomic mass is 32.2.